The maximum absolute atomic E-state index is 4.59. The fraction of sp³-hybridized carbons (Fsp3) is 0.143. The third-order valence-electron chi connectivity index (χ3n) is 2.92. The van der Waals surface area contributed by atoms with Crippen molar-refractivity contribution >= 4 is 39.6 Å². The number of nitrogens with one attached hydrogen (secondary N) is 1. The molecule has 3 rings (SSSR count). The number of anilines is 1. The van der Waals surface area contributed by atoms with Gasteiger partial charge in [0.05, 0.1) is 5.52 Å². The molecule has 5 heteroatoms. The van der Waals surface area contributed by atoms with Gasteiger partial charge in [0.25, 0.3) is 0 Å². The van der Waals surface area contributed by atoms with E-state index in [0.717, 1.165) is 28.4 Å². The zero-order valence-electron chi connectivity index (χ0n) is 10.7. The Hall–Kier alpha value is -1.63. The SMILES string of the molecule is CN(C)c1ccc2[nH]c(-c3ccccc3I)nc2n1. The normalized spacial score (nSPS) is 10.9. The first kappa shape index (κ1) is 12.4. The molecule has 0 spiro atoms. The van der Waals surface area contributed by atoms with Gasteiger partial charge in [0.2, 0.25) is 0 Å². The van der Waals surface area contributed by atoms with Crippen molar-refractivity contribution in [1.82, 2.24) is 15.0 Å². The largest absolute Gasteiger partial charge is 0.363 e. The Balaban J connectivity index is 2.14. The Morgan fingerprint density at radius 1 is 1.05 bits per heavy atom. The van der Waals surface area contributed by atoms with Crippen LogP contribution in [-0.2, 0) is 0 Å². The Morgan fingerprint density at radius 3 is 2.58 bits per heavy atom. The number of hydrogen-bond donors (Lipinski definition) is 1. The Morgan fingerprint density at radius 2 is 1.84 bits per heavy atom. The molecule has 1 N–H and O–H groups in total. The number of halogens is 1. The number of benzene rings is 1. The maximum Gasteiger partial charge on any atom is 0.180 e. The van der Waals surface area contributed by atoms with Crippen molar-refractivity contribution in [2.24, 2.45) is 0 Å². The molecule has 19 heavy (non-hydrogen) atoms. The number of pyridine rings is 1. The molecule has 96 valence electrons. The molecule has 0 bridgehead atoms. The van der Waals surface area contributed by atoms with Crippen LogP contribution in [0.4, 0.5) is 5.82 Å². The number of hydrogen-bond acceptors (Lipinski definition) is 3. The average molecular weight is 364 g/mol. The van der Waals surface area contributed by atoms with E-state index in [1.165, 1.54) is 3.57 Å². The number of nitrogens with zero attached hydrogens (tertiary/aromatic N) is 3. The lowest BCUT2D eigenvalue weighted by atomic mass is 10.2. The van der Waals surface area contributed by atoms with Gasteiger partial charge in [0.1, 0.15) is 11.6 Å². The van der Waals surface area contributed by atoms with E-state index in [1.54, 1.807) is 0 Å². The molecule has 2 aromatic heterocycles. The van der Waals surface area contributed by atoms with Crippen LogP contribution < -0.4 is 4.90 Å². The van der Waals surface area contributed by atoms with Crippen molar-refractivity contribution in [3.05, 3.63) is 40.0 Å². The smallest absolute Gasteiger partial charge is 0.180 e. The third kappa shape index (κ3) is 2.30. The highest BCUT2D eigenvalue weighted by molar-refractivity contribution is 14.1. The van der Waals surface area contributed by atoms with Gasteiger partial charge in [-0.3, -0.25) is 0 Å². The molecule has 1 aromatic carbocycles. The monoisotopic (exact) mass is 364 g/mol. The molecule has 4 nitrogen and oxygen atoms in total. The zero-order valence-corrected chi connectivity index (χ0v) is 12.8. The lowest BCUT2D eigenvalue weighted by molar-refractivity contribution is 1.08. The van der Waals surface area contributed by atoms with Gasteiger partial charge < -0.3 is 9.88 Å². The molecular formula is C14H13IN4. The van der Waals surface area contributed by atoms with Crippen LogP contribution in [-0.4, -0.2) is 29.0 Å². The van der Waals surface area contributed by atoms with Gasteiger partial charge in [-0.1, -0.05) is 18.2 Å². The molecule has 0 amide bonds. The van der Waals surface area contributed by atoms with Crippen LogP contribution in [0.25, 0.3) is 22.6 Å². The molecular weight excluding hydrogens is 351 g/mol. The number of aromatic nitrogens is 3. The van der Waals surface area contributed by atoms with Crippen molar-refractivity contribution in [3.8, 4) is 11.4 Å². The first-order valence-corrected chi connectivity index (χ1v) is 7.02. The summed E-state index contributed by atoms with van der Waals surface area (Å²) in [5.41, 5.74) is 2.81. The molecule has 0 atom stereocenters. The summed E-state index contributed by atoms with van der Waals surface area (Å²) in [7, 11) is 3.95. The predicted octanol–water partition coefficient (Wildman–Crippen LogP) is 3.30. The highest BCUT2D eigenvalue weighted by Gasteiger charge is 2.09. The van der Waals surface area contributed by atoms with Crippen LogP contribution in [0.3, 0.4) is 0 Å². The lowest BCUT2D eigenvalue weighted by Crippen LogP contribution is -2.10. The van der Waals surface area contributed by atoms with E-state index in [9.17, 15) is 0 Å². The first-order valence-electron chi connectivity index (χ1n) is 5.94. The van der Waals surface area contributed by atoms with E-state index < -0.39 is 0 Å². The fourth-order valence-electron chi connectivity index (χ4n) is 1.91. The minimum absolute atomic E-state index is 0.751. The minimum Gasteiger partial charge on any atom is -0.363 e. The van der Waals surface area contributed by atoms with E-state index in [-0.39, 0.29) is 0 Å². The summed E-state index contributed by atoms with van der Waals surface area (Å²) < 4.78 is 1.17. The van der Waals surface area contributed by atoms with Gasteiger partial charge in [-0.25, -0.2) is 9.97 Å². The van der Waals surface area contributed by atoms with Gasteiger partial charge in [-0.15, -0.1) is 0 Å². The van der Waals surface area contributed by atoms with Crippen molar-refractivity contribution in [1.29, 1.82) is 0 Å². The van der Waals surface area contributed by atoms with Crippen LogP contribution in [0, 0.1) is 3.57 Å². The molecule has 0 saturated carbocycles. The van der Waals surface area contributed by atoms with Crippen LogP contribution in [0.5, 0.6) is 0 Å². The van der Waals surface area contributed by atoms with E-state index >= 15 is 0 Å². The van der Waals surface area contributed by atoms with Crippen molar-refractivity contribution in [2.45, 2.75) is 0 Å². The van der Waals surface area contributed by atoms with Gasteiger partial charge in [-0.05, 0) is 40.8 Å². The second-order valence-electron chi connectivity index (χ2n) is 4.50. The summed E-state index contributed by atoms with van der Waals surface area (Å²) in [6.45, 7) is 0. The molecule has 0 radical (unpaired) electrons. The van der Waals surface area contributed by atoms with Crippen LogP contribution in [0.2, 0.25) is 0 Å². The number of rotatable bonds is 2. The molecule has 0 fully saturated rings. The number of aromatic amines is 1. The molecule has 0 aliphatic rings. The minimum atomic E-state index is 0.751. The number of fused-ring (bicyclic) bond motifs is 1. The third-order valence-corrected chi connectivity index (χ3v) is 3.86. The molecule has 2 heterocycles. The fourth-order valence-corrected chi connectivity index (χ4v) is 2.56. The van der Waals surface area contributed by atoms with Crippen LogP contribution in [0.1, 0.15) is 0 Å². The lowest BCUT2D eigenvalue weighted by Gasteiger charge is -2.09. The number of imidazole rings is 1. The Kier molecular flexibility index (Phi) is 3.14. The zero-order chi connectivity index (χ0) is 13.4. The van der Waals surface area contributed by atoms with E-state index in [2.05, 4.69) is 49.7 Å². The van der Waals surface area contributed by atoms with Crippen molar-refractivity contribution in [2.75, 3.05) is 19.0 Å². The maximum atomic E-state index is 4.59. The summed E-state index contributed by atoms with van der Waals surface area (Å²) in [5, 5.41) is 0. The van der Waals surface area contributed by atoms with Gasteiger partial charge in [-0.2, -0.15) is 0 Å². The highest BCUT2D eigenvalue weighted by atomic mass is 127. The van der Waals surface area contributed by atoms with Crippen LogP contribution >= 0.6 is 22.6 Å². The topological polar surface area (TPSA) is 44.8 Å². The molecule has 3 aromatic rings. The van der Waals surface area contributed by atoms with E-state index in [0.29, 0.717) is 0 Å². The Labute approximate surface area is 125 Å². The molecule has 0 aliphatic carbocycles. The average Bonchev–Trinajstić information content (AvgIpc) is 2.81. The highest BCUT2D eigenvalue weighted by Crippen LogP contribution is 2.25. The standard InChI is InChI=1S/C14H13IN4/c1-19(2)12-8-7-11-14(17-12)18-13(16-11)9-5-3-4-6-10(9)15/h3-8H,1-2H3,(H,16,17,18). The number of H-pyrrole nitrogens is 1. The quantitative estimate of drug-likeness (QED) is 0.710. The van der Waals surface area contributed by atoms with E-state index in [1.807, 2.05) is 43.3 Å². The molecule has 0 saturated heterocycles. The molecule has 0 aliphatic heterocycles. The van der Waals surface area contributed by atoms with E-state index in [4.69, 9.17) is 0 Å². The van der Waals surface area contributed by atoms with Crippen LogP contribution in [0.15, 0.2) is 36.4 Å². The summed E-state index contributed by atoms with van der Waals surface area (Å²) in [6.07, 6.45) is 0. The Bertz CT molecular complexity index is 733. The van der Waals surface area contributed by atoms with Gasteiger partial charge >= 0.3 is 0 Å². The summed E-state index contributed by atoms with van der Waals surface area (Å²) >= 11 is 2.32. The second kappa shape index (κ2) is 4.80. The summed E-state index contributed by atoms with van der Waals surface area (Å²) in [6, 6.07) is 12.2. The first-order chi connectivity index (χ1) is 9.15. The summed E-state index contributed by atoms with van der Waals surface area (Å²) in [5.74, 6) is 1.77. The molecule has 0 unspecified atom stereocenters. The summed E-state index contributed by atoms with van der Waals surface area (Å²) in [4.78, 5) is 14.4. The van der Waals surface area contributed by atoms with Gasteiger partial charge in [0, 0.05) is 23.2 Å². The predicted molar refractivity (Wildman–Crippen MR) is 86.4 cm³/mol. The second-order valence-corrected chi connectivity index (χ2v) is 5.66. The van der Waals surface area contributed by atoms with Crippen molar-refractivity contribution in [3.63, 3.8) is 0 Å². The van der Waals surface area contributed by atoms with Gasteiger partial charge in [0.15, 0.2) is 5.65 Å². The van der Waals surface area contributed by atoms with Crippen molar-refractivity contribution < 1.29 is 0 Å².